The molecule has 2 N–H and O–H groups in total. The highest BCUT2D eigenvalue weighted by Gasteiger charge is 2.82. The molecule has 3 rings (SSSR count). The Bertz CT molecular complexity index is 1500. The lowest BCUT2D eigenvalue weighted by molar-refractivity contribution is -0.389. The molecule has 0 spiro atoms. The summed E-state index contributed by atoms with van der Waals surface area (Å²) in [5.74, 6) is -11.7. The monoisotopic (exact) mass is 634 g/mol. The van der Waals surface area contributed by atoms with Gasteiger partial charge < -0.3 is 10.6 Å². The third-order valence-electron chi connectivity index (χ3n) is 5.94. The Kier molecular flexibility index (Phi) is 8.81. The van der Waals surface area contributed by atoms with E-state index in [2.05, 4.69) is 5.32 Å². The maximum Gasteiger partial charge on any atom is 0.457 e. The lowest BCUT2D eigenvalue weighted by atomic mass is 9.85. The molecule has 0 heterocycles. The van der Waals surface area contributed by atoms with Crippen molar-refractivity contribution < 1.29 is 66.7 Å². The van der Waals surface area contributed by atoms with Crippen molar-refractivity contribution in [3.63, 3.8) is 0 Å². The summed E-state index contributed by atoms with van der Waals surface area (Å²) in [6.45, 7) is -0.602. The van der Waals surface area contributed by atoms with Crippen molar-refractivity contribution in [2.24, 2.45) is 0 Å². The van der Waals surface area contributed by atoms with Gasteiger partial charge in [-0.05, 0) is 18.2 Å². The van der Waals surface area contributed by atoms with E-state index in [1.165, 1.54) is 24.3 Å². The molecule has 0 saturated heterocycles. The second kappa shape index (κ2) is 11.4. The van der Waals surface area contributed by atoms with Crippen molar-refractivity contribution in [3.05, 3.63) is 94.8 Å². The SMILES string of the molecule is O=C(CNc1cccc(C(=O)Nc2c(C(F)(F)F)cccc2C(F)(C(F)(F)F)C(F)(F)C(F)(F)F)c1F)c1ccccc1. The van der Waals surface area contributed by atoms with Crippen molar-refractivity contribution in [3.8, 4) is 0 Å². The summed E-state index contributed by atoms with van der Waals surface area (Å²) >= 11 is 0. The van der Waals surface area contributed by atoms with Gasteiger partial charge in [0.1, 0.15) is 0 Å². The van der Waals surface area contributed by atoms with Crippen LogP contribution in [0.15, 0.2) is 66.7 Å². The molecule has 3 aromatic rings. The number of nitrogens with one attached hydrogen (secondary N) is 2. The molecule has 0 saturated carbocycles. The normalized spacial score (nSPS) is 14.2. The van der Waals surface area contributed by atoms with Crippen LogP contribution in [-0.4, -0.2) is 36.5 Å². The average Bonchev–Trinajstić information content (AvgIpc) is 2.90. The van der Waals surface area contributed by atoms with E-state index in [4.69, 9.17) is 0 Å². The zero-order valence-corrected chi connectivity index (χ0v) is 20.8. The van der Waals surface area contributed by atoms with Crippen molar-refractivity contribution in [2.45, 2.75) is 30.1 Å². The minimum Gasteiger partial charge on any atom is -0.375 e. The van der Waals surface area contributed by atoms with Crippen LogP contribution in [0.5, 0.6) is 0 Å². The summed E-state index contributed by atoms with van der Waals surface area (Å²) in [4.78, 5) is 25.0. The summed E-state index contributed by atoms with van der Waals surface area (Å²) in [5, 5.41) is 3.31. The quantitative estimate of drug-likeness (QED) is 0.194. The summed E-state index contributed by atoms with van der Waals surface area (Å²) < 4.78 is 179. The Morgan fingerprint density at radius 2 is 1.21 bits per heavy atom. The molecule has 232 valence electrons. The number of para-hydroxylation sites is 1. The van der Waals surface area contributed by atoms with Gasteiger partial charge in [0.2, 0.25) is 0 Å². The highest BCUT2D eigenvalue weighted by molar-refractivity contribution is 6.06. The Morgan fingerprint density at radius 3 is 1.74 bits per heavy atom. The number of halogens is 13. The first-order chi connectivity index (χ1) is 19.6. The molecule has 0 radical (unpaired) electrons. The molecule has 43 heavy (non-hydrogen) atoms. The number of benzene rings is 3. The second-order valence-corrected chi connectivity index (χ2v) is 8.72. The van der Waals surface area contributed by atoms with E-state index in [0.717, 1.165) is 17.4 Å². The van der Waals surface area contributed by atoms with E-state index in [0.29, 0.717) is 6.07 Å². The summed E-state index contributed by atoms with van der Waals surface area (Å²) in [6, 6.07) is 9.07. The number of alkyl halides is 12. The van der Waals surface area contributed by atoms with Crippen LogP contribution >= 0.6 is 0 Å². The fourth-order valence-electron chi connectivity index (χ4n) is 3.83. The van der Waals surface area contributed by atoms with Crippen molar-refractivity contribution in [1.82, 2.24) is 0 Å². The predicted octanol–water partition coefficient (Wildman–Crippen LogP) is 8.32. The number of hydrogen-bond donors (Lipinski definition) is 2. The Hall–Kier alpha value is -4.31. The van der Waals surface area contributed by atoms with Gasteiger partial charge in [0, 0.05) is 11.1 Å². The van der Waals surface area contributed by atoms with Crippen molar-refractivity contribution in [2.75, 3.05) is 17.2 Å². The molecule has 4 nitrogen and oxygen atoms in total. The van der Waals surface area contributed by atoms with E-state index in [-0.39, 0.29) is 17.7 Å². The Balaban J connectivity index is 2.11. The first-order valence-corrected chi connectivity index (χ1v) is 11.5. The maximum atomic E-state index is 15.2. The molecular weight excluding hydrogens is 619 g/mol. The molecule has 0 bridgehead atoms. The van der Waals surface area contributed by atoms with Crippen LogP contribution in [0.3, 0.4) is 0 Å². The number of amides is 1. The average molecular weight is 634 g/mol. The van der Waals surface area contributed by atoms with Gasteiger partial charge in [0.15, 0.2) is 11.6 Å². The third-order valence-corrected chi connectivity index (χ3v) is 5.94. The maximum absolute atomic E-state index is 15.2. The van der Waals surface area contributed by atoms with Gasteiger partial charge >= 0.3 is 30.1 Å². The van der Waals surface area contributed by atoms with Crippen LogP contribution in [-0.2, 0) is 11.8 Å². The van der Waals surface area contributed by atoms with E-state index < -0.39 is 88.3 Å². The first-order valence-electron chi connectivity index (χ1n) is 11.5. The number of carbonyl (C=O) groups is 2. The zero-order chi connectivity index (χ0) is 32.6. The minimum absolute atomic E-state index is 0.0881. The zero-order valence-electron chi connectivity index (χ0n) is 20.8. The fraction of sp³-hybridized carbons (Fsp3) is 0.231. The molecule has 1 unspecified atom stereocenters. The Labute approximate surface area is 232 Å². The molecule has 1 amide bonds. The molecule has 0 aliphatic carbocycles. The molecule has 0 aromatic heterocycles. The number of hydrogen-bond acceptors (Lipinski definition) is 3. The highest BCUT2D eigenvalue weighted by atomic mass is 19.4. The van der Waals surface area contributed by atoms with Crippen LogP contribution in [0.4, 0.5) is 68.5 Å². The van der Waals surface area contributed by atoms with Gasteiger partial charge in [-0.15, -0.1) is 0 Å². The van der Waals surface area contributed by atoms with Crippen molar-refractivity contribution in [1.29, 1.82) is 0 Å². The van der Waals surface area contributed by atoms with Crippen molar-refractivity contribution >= 4 is 23.1 Å². The van der Waals surface area contributed by atoms with Crippen LogP contribution in [0.1, 0.15) is 31.8 Å². The molecule has 17 heteroatoms. The van der Waals surface area contributed by atoms with Gasteiger partial charge in [0.25, 0.3) is 5.91 Å². The number of rotatable bonds is 8. The number of Topliss-reactive ketones (excluding diaryl/α,β-unsaturated/α-hetero) is 1. The van der Waals surface area contributed by atoms with Gasteiger partial charge in [0.05, 0.1) is 29.0 Å². The van der Waals surface area contributed by atoms with Gasteiger partial charge in [-0.1, -0.05) is 48.5 Å². The predicted molar refractivity (Wildman–Crippen MR) is 125 cm³/mol. The molecular formula is C26H15F13N2O2. The highest BCUT2D eigenvalue weighted by Crippen LogP contribution is 2.60. The molecule has 0 aliphatic rings. The topological polar surface area (TPSA) is 58.2 Å². The first kappa shape index (κ1) is 33.2. The van der Waals surface area contributed by atoms with Crippen LogP contribution in [0.25, 0.3) is 0 Å². The number of anilines is 2. The molecule has 3 aromatic carbocycles. The number of carbonyl (C=O) groups excluding carboxylic acids is 2. The van der Waals surface area contributed by atoms with Gasteiger partial charge in [-0.2, -0.15) is 48.3 Å². The lowest BCUT2D eigenvalue weighted by Gasteiger charge is -2.37. The van der Waals surface area contributed by atoms with E-state index in [9.17, 15) is 57.9 Å². The number of ketones is 1. The van der Waals surface area contributed by atoms with E-state index in [1.54, 1.807) is 6.07 Å². The fourth-order valence-corrected chi connectivity index (χ4v) is 3.83. The molecule has 1 atom stereocenters. The standard InChI is InChI=1S/C26H15F13N2O2/c27-19-14(8-4-11-17(19)40-12-18(42)13-6-2-1-3-7-13)21(43)41-20-15(9-5-10-16(20)23(29,30)31)22(28,25(34,35)36)24(32,33)26(37,38)39/h1-11,40H,12H2,(H,41,43). The van der Waals surface area contributed by atoms with Gasteiger partial charge in [-0.25, -0.2) is 8.78 Å². The molecule has 0 fully saturated rings. The third kappa shape index (κ3) is 6.24. The van der Waals surface area contributed by atoms with Crippen LogP contribution < -0.4 is 10.6 Å². The van der Waals surface area contributed by atoms with Crippen LogP contribution in [0, 0.1) is 5.82 Å². The minimum atomic E-state index is -7.37. The molecule has 0 aliphatic heterocycles. The lowest BCUT2D eigenvalue weighted by Crippen LogP contribution is -2.60. The Morgan fingerprint density at radius 1 is 0.651 bits per heavy atom. The van der Waals surface area contributed by atoms with E-state index >= 15 is 8.78 Å². The summed E-state index contributed by atoms with van der Waals surface area (Å²) in [7, 11) is 0. The van der Waals surface area contributed by atoms with Gasteiger partial charge in [-0.3, -0.25) is 9.59 Å². The van der Waals surface area contributed by atoms with E-state index in [1.807, 2.05) is 0 Å². The van der Waals surface area contributed by atoms with Crippen LogP contribution in [0.2, 0.25) is 0 Å². The largest absolute Gasteiger partial charge is 0.457 e. The summed E-state index contributed by atoms with van der Waals surface area (Å²) in [6.07, 6.45) is -20.3. The summed E-state index contributed by atoms with van der Waals surface area (Å²) in [5.41, 5.74) is -16.5. The second-order valence-electron chi connectivity index (χ2n) is 8.72. The smallest absolute Gasteiger partial charge is 0.375 e.